The van der Waals surface area contributed by atoms with Crippen molar-refractivity contribution in [2.75, 3.05) is 5.32 Å². The molecular weight excluding hydrogens is 337 g/mol. The van der Waals surface area contributed by atoms with Crippen molar-refractivity contribution < 1.29 is 4.39 Å². The van der Waals surface area contributed by atoms with Crippen molar-refractivity contribution in [3.8, 4) is 11.3 Å². The zero-order chi connectivity index (χ0) is 17.2. The van der Waals surface area contributed by atoms with Gasteiger partial charge in [0.25, 0.3) is 0 Å². The first-order chi connectivity index (χ1) is 12.2. The fraction of sp³-hybridized carbons (Fsp3) is 0. The average molecular weight is 350 g/mol. The third kappa shape index (κ3) is 3.16. The number of halogens is 2. The van der Waals surface area contributed by atoms with E-state index in [0.29, 0.717) is 16.3 Å². The van der Waals surface area contributed by atoms with E-state index in [1.165, 1.54) is 12.1 Å². The highest BCUT2D eigenvalue weighted by Crippen LogP contribution is 2.32. The van der Waals surface area contributed by atoms with Gasteiger partial charge >= 0.3 is 0 Å². The molecule has 0 aliphatic rings. The summed E-state index contributed by atoms with van der Waals surface area (Å²) < 4.78 is 14.3. The predicted octanol–water partition coefficient (Wildman–Crippen LogP) is 5.83. The van der Waals surface area contributed by atoms with E-state index in [0.717, 1.165) is 22.3 Å². The van der Waals surface area contributed by atoms with Gasteiger partial charge in [-0.15, -0.1) is 0 Å². The molecule has 4 aromatic rings. The number of rotatable bonds is 3. The summed E-state index contributed by atoms with van der Waals surface area (Å²) in [5.41, 5.74) is 3.33. The number of benzene rings is 2. The topological polar surface area (TPSA) is 37.8 Å². The minimum atomic E-state index is -0.362. The Hall–Kier alpha value is -2.98. The number of nitrogens with zero attached hydrogens (tertiary/aromatic N) is 2. The molecular formula is C20H13ClFN3. The zero-order valence-electron chi connectivity index (χ0n) is 13.1. The quantitative estimate of drug-likeness (QED) is 0.505. The van der Waals surface area contributed by atoms with Crippen LogP contribution in [0.5, 0.6) is 0 Å². The highest BCUT2D eigenvalue weighted by molar-refractivity contribution is 6.30. The Bertz CT molecular complexity index is 1050. The third-order valence-electron chi connectivity index (χ3n) is 3.86. The van der Waals surface area contributed by atoms with E-state index >= 15 is 0 Å². The van der Waals surface area contributed by atoms with Gasteiger partial charge in [0.05, 0.1) is 28.8 Å². The van der Waals surface area contributed by atoms with Gasteiger partial charge in [-0.1, -0.05) is 29.8 Å². The first kappa shape index (κ1) is 15.5. The Morgan fingerprint density at radius 1 is 0.960 bits per heavy atom. The maximum absolute atomic E-state index is 14.3. The van der Waals surface area contributed by atoms with Crippen LogP contribution >= 0.6 is 11.6 Å². The summed E-state index contributed by atoms with van der Waals surface area (Å²) in [5.74, 6) is -0.362. The van der Waals surface area contributed by atoms with E-state index in [4.69, 9.17) is 11.6 Å². The minimum Gasteiger partial charge on any atom is -0.354 e. The first-order valence-electron chi connectivity index (χ1n) is 7.73. The molecule has 2 aromatic heterocycles. The van der Waals surface area contributed by atoms with Crippen LogP contribution in [0.2, 0.25) is 5.02 Å². The van der Waals surface area contributed by atoms with Crippen LogP contribution in [-0.2, 0) is 0 Å². The fourth-order valence-corrected chi connectivity index (χ4v) is 2.87. The fourth-order valence-electron chi connectivity index (χ4n) is 2.70. The largest absolute Gasteiger partial charge is 0.354 e. The Morgan fingerprint density at radius 3 is 2.68 bits per heavy atom. The van der Waals surface area contributed by atoms with Crippen molar-refractivity contribution in [2.45, 2.75) is 0 Å². The molecule has 0 atom stereocenters. The molecule has 1 N–H and O–H groups in total. The van der Waals surface area contributed by atoms with Crippen LogP contribution in [-0.4, -0.2) is 9.97 Å². The second-order valence-electron chi connectivity index (χ2n) is 5.56. The molecule has 4 rings (SSSR count). The lowest BCUT2D eigenvalue weighted by molar-refractivity contribution is 0.631. The lowest BCUT2D eigenvalue weighted by Crippen LogP contribution is -1.96. The summed E-state index contributed by atoms with van der Waals surface area (Å²) in [6.45, 7) is 0. The number of fused-ring (bicyclic) bond motifs is 1. The highest BCUT2D eigenvalue weighted by Gasteiger charge is 2.12. The van der Waals surface area contributed by atoms with Gasteiger partial charge in [0.1, 0.15) is 5.82 Å². The van der Waals surface area contributed by atoms with Crippen LogP contribution in [0.15, 0.2) is 73.1 Å². The smallest absolute Gasteiger partial charge is 0.132 e. The number of pyridine rings is 2. The Kier molecular flexibility index (Phi) is 4.04. The molecule has 0 amide bonds. The van der Waals surface area contributed by atoms with Gasteiger partial charge < -0.3 is 5.32 Å². The molecule has 0 saturated carbocycles. The monoisotopic (exact) mass is 349 g/mol. The van der Waals surface area contributed by atoms with Crippen molar-refractivity contribution in [2.24, 2.45) is 0 Å². The standard InChI is InChI=1S/C20H13ClFN3/c21-13-7-8-17(22)16(10-13)20-11-19(24-14-4-3-9-23-12-14)15-5-1-2-6-18(15)25-20/h1-12H,(H,24,25). The SMILES string of the molecule is Fc1ccc(Cl)cc1-c1cc(Nc2cccnc2)c2ccccc2n1. The summed E-state index contributed by atoms with van der Waals surface area (Å²) in [5, 5.41) is 4.74. The van der Waals surface area contributed by atoms with E-state index < -0.39 is 0 Å². The number of anilines is 2. The van der Waals surface area contributed by atoms with Crippen molar-refractivity contribution in [1.29, 1.82) is 0 Å². The van der Waals surface area contributed by atoms with Gasteiger partial charge in [-0.25, -0.2) is 9.37 Å². The van der Waals surface area contributed by atoms with E-state index in [1.807, 2.05) is 42.5 Å². The normalized spacial score (nSPS) is 10.8. The maximum Gasteiger partial charge on any atom is 0.132 e. The summed E-state index contributed by atoms with van der Waals surface area (Å²) in [6.07, 6.45) is 3.44. The van der Waals surface area contributed by atoms with Crippen LogP contribution in [0.1, 0.15) is 0 Å². The molecule has 0 bridgehead atoms. The molecule has 0 radical (unpaired) electrons. The van der Waals surface area contributed by atoms with Crippen LogP contribution in [0.25, 0.3) is 22.2 Å². The van der Waals surface area contributed by atoms with E-state index in [2.05, 4.69) is 15.3 Å². The predicted molar refractivity (Wildman–Crippen MR) is 99.7 cm³/mol. The summed E-state index contributed by atoms with van der Waals surface area (Å²) in [7, 11) is 0. The van der Waals surface area contributed by atoms with Gasteiger partial charge in [-0.05, 0) is 42.5 Å². The second-order valence-corrected chi connectivity index (χ2v) is 6.00. The third-order valence-corrected chi connectivity index (χ3v) is 4.10. The maximum atomic E-state index is 14.3. The number of hydrogen-bond donors (Lipinski definition) is 1. The Balaban J connectivity index is 1.91. The van der Waals surface area contributed by atoms with E-state index in [-0.39, 0.29) is 5.82 Å². The van der Waals surface area contributed by atoms with Gasteiger partial charge in [-0.2, -0.15) is 0 Å². The van der Waals surface area contributed by atoms with Crippen LogP contribution < -0.4 is 5.32 Å². The molecule has 5 heteroatoms. The number of para-hydroxylation sites is 1. The molecule has 0 spiro atoms. The molecule has 0 fully saturated rings. The second kappa shape index (κ2) is 6.49. The highest BCUT2D eigenvalue weighted by atomic mass is 35.5. The number of hydrogen-bond acceptors (Lipinski definition) is 3. The van der Waals surface area contributed by atoms with Crippen LogP contribution in [0.4, 0.5) is 15.8 Å². The number of aromatic nitrogens is 2. The molecule has 122 valence electrons. The Labute approximate surface area is 149 Å². The summed E-state index contributed by atoms with van der Waals surface area (Å²) in [6, 6.07) is 17.8. The lowest BCUT2D eigenvalue weighted by atomic mass is 10.1. The molecule has 0 aliphatic heterocycles. The van der Waals surface area contributed by atoms with Crippen LogP contribution in [0.3, 0.4) is 0 Å². The average Bonchev–Trinajstić information content (AvgIpc) is 2.64. The Morgan fingerprint density at radius 2 is 1.84 bits per heavy atom. The molecule has 0 saturated heterocycles. The van der Waals surface area contributed by atoms with Crippen molar-refractivity contribution in [1.82, 2.24) is 9.97 Å². The van der Waals surface area contributed by atoms with Gasteiger partial charge in [0.2, 0.25) is 0 Å². The van der Waals surface area contributed by atoms with Crippen molar-refractivity contribution in [3.63, 3.8) is 0 Å². The molecule has 2 heterocycles. The molecule has 0 unspecified atom stereocenters. The van der Waals surface area contributed by atoms with Crippen molar-refractivity contribution in [3.05, 3.63) is 83.9 Å². The molecule has 25 heavy (non-hydrogen) atoms. The molecule has 3 nitrogen and oxygen atoms in total. The first-order valence-corrected chi connectivity index (χ1v) is 8.11. The van der Waals surface area contributed by atoms with Gasteiger partial charge in [-0.3, -0.25) is 4.98 Å². The minimum absolute atomic E-state index is 0.362. The summed E-state index contributed by atoms with van der Waals surface area (Å²) in [4.78, 5) is 8.71. The molecule has 2 aromatic carbocycles. The lowest BCUT2D eigenvalue weighted by Gasteiger charge is -2.12. The zero-order valence-corrected chi connectivity index (χ0v) is 13.8. The van der Waals surface area contributed by atoms with Gasteiger partial charge in [0, 0.05) is 22.2 Å². The van der Waals surface area contributed by atoms with Crippen LogP contribution in [0, 0.1) is 5.82 Å². The number of nitrogens with one attached hydrogen (secondary N) is 1. The molecule has 0 aliphatic carbocycles. The van der Waals surface area contributed by atoms with Crippen molar-refractivity contribution >= 4 is 33.9 Å². The van der Waals surface area contributed by atoms with E-state index in [1.54, 1.807) is 18.5 Å². The van der Waals surface area contributed by atoms with Gasteiger partial charge in [0.15, 0.2) is 0 Å². The summed E-state index contributed by atoms with van der Waals surface area (Å²) >= 11 is 6.04. The van der Waals surface area contributed by atoms with E-state index in [9.17, 15) is 4.39 Å².